The van der Waals surface area contributed by atoms with Gasteiger partial charge in [0.15, 0.2) is 0 Å². The third kappa shape index (κ3) is 3.12. The molecule has 2 heterocycles. The topological polar surface area (TPSA) is 121 Å². The van der Waals surface area contributed by atoms with Crippen LogP contribution in [-0.4, -0.2) is 29.1 Å². The number of pyridine rings is 1. The number of carbonyl (C=O) groups excluding carboxylic acids is 2. The van der Waals surface area contributed by atoms with Crippen LogP contribution in [0.25, 0.3) is 10.8 Å². The molecule has 4 rings (SSSR count). The molecule has 27 heavy (non-hydrogen) atoms. The summed E-state index contributed by atoms with van der Waals surface area (Å²) >= 11 is 0. The fraction of sp³-hybridized carbons (Fsp3) is 0.368. The van der Waals surface area contributed by atoms with Crippen molar-refractivity contribution in [3.8, 4) is 6.07 Å². The smallest absolute Gasteiger partial charge is 0.415 e. The van der Waals surface area contributed by atoms with Crippen molar-refractivity contribution in [3.05, 3.63) is 24.4 Å². The lowest BCUT2D eigenvalue weighted by molar-refractivity contribution is -0.117. The Kier molecular flexibility index (Phi) is 3.70. The Labute approximate surface area is 155 Å². The summed E-state index contributed by atoms with van der Waals surface area (Å²) < 4.78 is 5.35. The molecule has 1 aromatic heterocycles. The van der Waals surface area contributed by atoms with Crippen LogP contribution in [0.4, 0.5) is 22.0 Å². The number of amides is 2. The monoisotopic (exact) mass is 365 g/mol. The molecule has 8 heteroatoms. The molecule has 0 radical (unpaired) electrons. The van der Waals surface area contributed by atoms with E-state index in [1.54, 1.807) is 18.3 Å². The van der Waals surface area contributed by atoms with Gasteiger partial charge in [-0.05, 0) is 43.9 Å². The van der Waals surface area contributed by atoms with Crippen LogP contribution in [0.15, 0.2) is 24.4 Å². The minimum atomic E-state index is -0.570. The Balaban J connectivity index is 1.64. The van der Waals surface area contributed by atoms with Crippen molar-refractivity contribution in [2.24, 2.45) is 11.8 Å². The molecule has 1 unspecified atom stereocenters. The standard InChI is InChI=1S/C19H19N5O3/c1-19(2)9-24(18(26)27-19)12-3-10-5-16(22-8-14(10)15(21)6-12)23-17(25)13-4-11(13)7-20/h3,5-6,8,11,13H,4,9,21H2,1-2H3,(H,22,23,25)/t11?,13-/m0/s1. The first-order valence-electron chi connectivity index (χ1n) is 8.68. The van der Waals surface area contributed by atoms with Crippen LogP contribution in [0.1, 0.15) is 20.3 Å². The number of benzene rings is 1. The molecule has 2 aliphatic rings. The van der Waals surface area contributed by atoms with Crippen molar-refractivity contribution in [2.75, 3.05) is 22.5 Å². The fourth-order valence-corrected chi connectivity index (χ4v) is 3.31. The fourth-order valence-electron chi connectivity index (χ4n) is 3.31. The van der Waals surface area contributed by atoms with E-state index in [1.807, 2.05) is 19.9 Å². The summed E-state index contributed by atoms with van der Waals surface area (Å²) in [6.45, 7) is 4.11. The Morgan fingerprint density at radius 3 is 2.85 bits per heavy atom. The van der Waals surface area contributed by atoms with Crippen molar-refractivity contribution in [2.45, 2.75) is 25.9 Å². The number of nitrogen functional groups attached to an aromatic ring is 1. The summed E-state index contributed by atoms with van der Waals surface area (Å²) in [7, 11) is 0. The predicted molar refractivity (Wildman–Crippen MR) is 99.9 cm³/mol. The first kappa shape index (κ1) is 17.1. The van der Waals surface area contributed by atoms with Crippen molar-refractivity contribution in [1.82, 2.24) is 4.98 Å². The Morgan fingerprint density at radius 2 is 2.22 bits per heavy atom. The minimum absolute atomic E-state index is 0.206. The van der Waals surface area contributed by atoms with E-state index in [4.69, 9.17) is 15.7 Å². The number of rotatable bonds is 3. The number of ether oxygens (including phenoxy) is 1. The lowest BCUT2D eigenvalue weighted by atomic mass is 10.1. The highest BCUT2D eigenvalue weighted by Crippen LogP contribution is 2.39. The van der Waals surface area contributed by atoms with E-state index in [2.05, 4.69) is 16.4 Å². The summed E-state index contributed by atoms with van der Waals surface area (Å²) in [5, 5.41) is 13.1. The number of hydrogen-bond acceptors (Lipinski definition) is 6. The third-order valence-corrected chi connectivity index (χ3v) is 4.83. The molecule has 2 amide bonds. The molecular formula is C19H19N5O3. The second kappa shape index (κ2) is 5.84. The van der Waals surface area contributed by atoms with E-state index in [-0.39, 0.29) is 17.7 Å². The van der Waals surface area contributed by atoms with Crippen LogP contribution >= 0.6 is 0 Å². The van der Waals surface area contributed by atoms with Gasteiger partial charge in [0.25, 0.3) is 0 Å². The van der Waals surface area contributed by atoms with Crippen LogP contribution in [0.3, 0.4) is 0 Å². The Bertz CT molecular complexity index is 1010. The first-order valence-corrected chi connectivity index (χ1v) is 8.68. The average molecular weight is 365 g/mol. The Hall–Kier alpha value is -3.34. The molecule has 0 bridgehead atoms. The van der Waals surface area contributed by atoms with E-state index in [0.717, 1.165) is 10.8 Å². The van der Waals surface area contributed by atoms with Crippen LogP contribution in [0, 0.1) is 23.2 Å². The molecule has 2 fully saturated rings. The van der Waals surface area contributed by atoms with Gasteiger partial charge in [0.2, 0.25) is 5.91 Å². The lowest BCUT2D eigenvalue weighted by Crippen LogP contribution is -2.28. The van der Waals surface area contributed by atoms with Gasteiger partial charge in [-0.3, -0.25) is 9.69 Å². The summed E-state index contributed by atoms with van der Waals surface area (Å²) in [5.41, 5.74) is 6.69. The number of hydrogen-bond donors (Lipinski definition) is 2. The number of fused-ring (bicyclic) bond motifs is 1. The second-order valence-corrected chi connectivity index (χ2v) is 7.61. The van der Waals surface area contributed by atoms with Crippen LogP contribution in [0.2, 0.25) is 0 Å². The highest BCUT2D eigenvalue weighted by Gasteiger charge is 2.43. The van der Waals surface area contributed by atoms with Gasteiger partial charge in [0.1, 0.15) is 11.4 Å². The molecule has 1 aliphatic carbocycles. The summed E-state index contributed by atoms with van der Waals surface area (Å²) in [5.74, 6) is -0.304. The van der Waals surface area contributed by atoms with Gasteiger partial charge in [-0.25, -0.2) is 9.78 Å². The van der Waals surface area contributed by atoms with Crippen molar-refractivity contribution in [1.29, 1.82) is 5.26 Å². The van der Waals surface area contributed by atoms with Crippen molar-refractivity contribution >= 4 is 40.0 Å². The zero-order chi connectivity index (χ0) is 19.3. The normalized spacial score (nSPS) is 23.0. The summed E-state index contributed by atoms with van der Waals surface area (Å²) in [6.07, 6.45) is 1.75. The van der Waals surface area contributed by atoms with E-state index in [1.165, 1.54) is 4.90 Å². The largest absolute Gasteiger partial charge is 0.441 e. The lowest BCUT2D eigenvalue weighted by Gasteiger charge is -2.17. The average Bonchev–Trinajstić information content (AvgIpc) is 3.33. The van der Waals surface area contributed by atoms with Crippen LogP contribution < -0.4 is 16.0 Å². The highest BCUT2D eigenvalue weighted by molar-refractivity contribution is 6.02. The number of nitrogens with one attached hydrogen (secondary N) is 1. The van der Waals surface area contributed by atoms with Gasteiger partial charge in [-0.1, -0.05) is 0 Å². The number of anilines is 3. The number of nitriles is 1. The quantitative estimate of drug-likeness (QED) is 0.807. The zero-order valence-electron chi connectivity index (χ0n) is 15.0. The number of carbonyl (C=O) groups is 2. The van der Waals surface area contributed by atoms with Gasteiger partial charge >= 0.3 is 6.09 Å². The van der Waals surface area contributed by atoms with Gasteiger partial charge in [-0.2, -0.15) is 5.26 Å². The highest BCUT2D eigenvalue weighted by atomic mass is 16.6. The van der Waals surface area contributed by atoms with Crippen molar-refractivity contribution < 1.29 is 14.3 Å². The maximum Gasteiger partial charge on any atom is 0.415 e. The zero-order valence-corrected chi connectivity index (χ0v) is 15.0. The third-order valence-electron chi connectivity index (χ3n) is 4.83. The van der Waals surface area contributed by atoms with Gasteiger partial charge in [0, 0.05) is 23.0 Å². The molecule has 0 spiro atoms. The predicted octanol–water partition coefficient (Wildman–Crippen LogP) is 2.65. The van der Waals surface area contributed by atoms with Gasteiger partial charge in [-0.15, -0.1) is 0 Å². The number of nitrogens with zero attached hydrogens (tertiary/aromatic N) is 3. The summed E-state index contributed by atoms with van der Waals surface area (Å²) in [6, 6.07) is 7.34. The molecule has 1 aromatic carbocycles. The number of aromatic nitrogens is 1. The van der Waals surface area contributed by atoms with Crippen LogP contribution in [0.5, 0.6) is 0 Å². The molecule has 3 N–H and O–H groups in total. The van der Waals surface area contributed by atoms with E-state index < -0.39 is 11.7 Å². The maximum absolute atomic E-state index is 12.2. The maximum atomic E-state index is 12.2. The van der Waals surface area contributed by atoms with Gasteiger partial charge in [0.05, 0.1) is 24.4 Å². The van der Waals surface area contributed by atoms with Crippen molar-refractivity contribution in [3.63, 3.8) is 0 Å². The minimum Gasteiger partial charge on any atom is -0.441 e. The molecule has 138 valence electrons. The molecule has 1 saturated heterocycles. The Morgan fingerprint density at radius 1 is 1.44 bits per heavy atom. The van der Waals surface area contributed by atoms with E-state index in [9.17, 15) is 9.59 Å². The second-order valence-electron chi connectivity index (χ2n) is 7.61. The SMILES string of the molecule is CC1(C)CN(c2cc(N)c3cnc(NC(=O)[C@H]4CC4C#N)cc3c2)C(=O)O1. The van der Waals surface area contributed by atoms with E-state index >= 15 is 0 Å². The molecule has 1 aliphatic heterocycles. The molecule has 2 atom stereocenters. The number of cyclic esters (lactones) is 1. The molecule has 1 saturated carbocycles. The van der Waals surface area contributed by atoms with E-state index in [0.29, 0.717) is 30.2 Å². The summed E-state index contributed by atoms with van der Waals surface area (Å²) in [4.78, 5) is 30.1. The molecule has 8 nitrogen and oxygen atoms in total. The molecular weight excluding hydrogens is 346 g/mol. The van der Waals surface area contributed by atoms with Crippen LogP contribution in [-0.2, 0) is 9.53 Å². The first-order chi connectivity index (χ1) is 12.8. The molecule has 2 aromatic rings. The van der Waals surface area contributed by atoms with Gasteiger partial charge < -0.3 is 15.8 Å². The number of nitrogens with two attached hydrogens (primary N) is 1.